The fraction of sp³-hybridized carbons (Fsp3) is 0.333. The van der Waals surface area contributed by atoms with Crippen LogP contribution < -0.4 is 0 Å². The molecule has 1 N–H and O–H groups in total. The van der Waals surface area contributed by atoms with Gasteiger partial charge in [0.2, 0.25) is 0 Å². The fourth-order valence-corrected chi connectivity index (χ4v) is 3.22. The van der Waals surface area contributed by atoms with Crippen LogP contribution in [0.1, 0.15) is 40.1 Å². The molecule has 3 rings (SSSR count). The van der Waals surface area contributed by atoms with Crippen molar-refractivity contribution in [3.8, 4) is 0 Å². The van der Waals surface area contributed by atoms with Gasteiger partial charge in [-0.3, -0.25) is 19.4 Å². The molecule has 0 spiro atoms. The summed E-state index contributed by atoms with van der Waals surface area (Å²) in [6.07, 6.45) is -0.802. The van der Waals surface area contributed by atoms with E-state index in [1.54, 1.807) is 24.3 Å². The molecule has 1 aliphatic heterocycles. The molecule has 5 nitrogen and oxygen atoms in total. The van der Waals surface area contributed by atoms with E-state index in [1.807, 2.05) is 30.3 Å². The highest BCUT2D eigenvalue weighted by atomic mass is 16.3. The predicted octanol–water partition coefficient (Wildman–Crippen LogP) is 2.55. The number of imide groups is 1. The summed E-state index contributed by atoms with van der Waals surface area (Å²) in [4.78, 5) is 28.2. The quantitative estimate of drug-likeness (QED) is 0.778. The second-order valence-corrected chi connectivity index (χ2v) is 6.93. The van der Waals surface area contributed by atoms with Crippen LogP contribution in [-0.2, 0) is 6.54 Å². The normalized spacial score (nSPS) is 15.0. The SMILES string of the molecule is CC(C)N(Cc1ccccc1)CC(O)CN1C(=O)c2ccccc2C1=O. The average Bonchev–Trinajstić information content (AvgIpc) is 2.87. The number of nitrogens with zero attached hydrogens (tertiary/aromatic N) is 2. The third-order valence-corrected chi connectivity index (χ3v) is 4.68. The summed E-state index contributed by atoms with van der Waals surface area (Å²) in [7, 11) is 0. The summed E-state index contributed by atoms with van der Waals surface area (Å²) >= 11 is 0. The predicted molar refractivity (Wildman–Crippen MR) is 99.8 cm³/mol. The molecule has 136 valence electrons. The fourth-order valence-electron chi connectivity index (χ4n) is 3.22. The molecule has 5 heteroatoms. The molecule has 1 aliphatic rings. The Morgan fingerprint density at radius 1 is 0.923 bits per heavy atom. The lowest BCUT2D eigenvalue weighted by Gasteiger charge is -2.30. The number of rotatable bonds is 7. The van der Waals surface area contributed by atoms with Crippen molar-refractivity contribution in [3.05, 3.63) is 71.3 Å². The molecule has 0 aromatic heterocycles. The highest BCUT2D eigenvalue weighted by molar-refractivity contribution is 6.21. The second-order valence-electron chi connectivity index (χ2n) is 6.93. The maximum Gasteiger partial charge on any atom is 0.261 e. The molecule has 0 saturated heterocycles. The highest BCUT2D eigenvalue weighted by Crippen LogP contribution is 2.22. The van der Waals surface area contributed by atoms with Gasteiger partial charge in [0.05, 0.1) is 23.8 Å². The number of aliphatic hydroxyl groups is 1. The van der Waals surface area contributed by atoms with Gasteiger partial charge < -0.3 is 5.11 Å². The molecule has 26 heavy (non-hydrogen) atoms. The first-order chi connectivity index (χ1) is 12.5. The molecule has 1 atom stereocenters. The van der Waals surface area contributed by atoms with E-state index in [2.05, 4.69) is 18.7 Å². The Bertz CT molecular complexity index is 754. The van der Waals surface area contributed by atoms with E-state index in [1.165, 1.54) is 0 Å². The highest BCUT2D eigenvalue weighted by Gasteiger charge is 2.36. The maximum absolute atomic E-state index is 12.4. The van der Waals surface area contributed by atoms with Crippen molar-refractivity contribution in [1.29, 1.82) is 0 Å². The number of hydrogen-bond donors (Lipinski definition) is 1. The molecule has 2 aromatic rings. The minimum Gasteiger partial charge on any atom is -0.390 e. The minimum atomic E-state index is -0.802. The Morgan fingerprint density at radius 3 is 2.00 bits per heavy atom. The van der Waals surface area contributed by atoms with Gasteiger partial charge in [0.25, 0.3) is 11.8 Å². The van der Waals surface area contributed by atoms with Gasteiger partial charge >= 0.3 is 0 Å². The summed E-state index contributed by atoms with van der Waals surface area (Å²) in [5, 5.41) is 10.5. The molecular formula is C21H24N2O3. The first-order valence-corrected chi connectivity index (χ1v) is 8.88. The molecule has 1 unspecified atom stereocenters. The Kier molecular flexibility index (Phi) is 5.49. The van der Waals surface area contributed by atoms with E-state index >= 15 is 0 Å². The number of benzene rings is 2. The summed E-state index contributed by atoms with van der Waals surface area (Å²) in [5.41, 5.74) is 1.98. The van der Waals surface area contributed by atoms with Crippen LogP contribution >= 0.6 is 0 Å². The van der Waals surface area contributed by atoms with E-state index in [4.69, 9.17) is 0 Å². The largest absolute Gasteiger partial charge is 0.390 e. The van der Waals surface area contributed by atoms with Gasteiger partial charge in [-0.15, -0.1) is 0 Å². The molecule has 2 amide bonds. The first-order valence-electron chi connectivity index (χ1n) is 8.88. The molecule has 0 fully saturated rings. The van der Waals surface area contributed by atoms with Crippen LogP contribution in [0.2, 0.25) is 0 Å². The van der Waals surface area contributed by atoms with Gasteiger partial charge in [0, 0.05) is 19.1 Å². The monoisotopic (exact) mass is 352 g/mol. The van der Waals surface area contributed by atoms with Crippen molar-refractivity contribution in [2.24, 2.45) is 0 Å². The zero-order valence-corrected chi connectivity index (χ0v) is 15.1. The molecule has 0 bridgehead atoms. The summed E-state index contributed by atoms with van der Waals surface area (Å²) in [6, 6.07) is 17.1. The maximum atomic E-state index is 12.4. The molecule has 1 heterocycles. The molecule has 0 radical (unpaired) electrons. The van der Waals surface area contributed by atoms with Crippen LogP contribution in [0.25, 0.3) is 0 Å². The molecular weight excluding hydrogens is 328 g/mol. The van der Waals surface area contributed by atoms with Crippen molar-refractivity contribution in [2.75, 3.05) is 13.1 Å². The number of amides is 2. The van der Waals surface area contributed by atoms with Crippen LogP contribution in [0.3, 0.4) is 0 Å². The van der Waals surface area contributed by atoms with Crippen molar-refractivity contribution < 1.29 is 14.7 Å². The van der Waals surface area contributed by atoms with Crippen molar-refractivity contribution in [2.45, 2.75) is 32.5 Å². The Labute approximate surface area is 153 Å². The van der Waals surface area contributed by atoms with E-state index in [-0.39, 0.29) is 24.4 Å². The third-order valence-electron chi connectivity index (χ3n) is 4.68. The van der Waals surface area contributed by atoms with Crippen LogP contribution in [-0.4, -0.2) is 52.0 Å². The lowest BCUT2D eigenvalue weighted by molar-refractivity contribution is 0.0431. The van der Waals surface area contributed by atoms with Gasteiger partial charge in [-0.1, -0.05) is 42.5 Å². The van der Waals surface area contributed by atoms with E-state index in [0.717, 1.165) is 10.5 Å². The number of aliphatic hydroxyl groups excluding tert-OH is 1. The van der Waals surface area contributed by atoms with Gasteiger partial charge in [-0.25, -0.2) is 0 Å². The summed E-state index contributed by atoms with van der Waals surface area (Å²) in [5.74, 6) is -0.660. The van der Waals surface area contributed by atoms with E-state index in [9.17, 15) is 14.7 Å². The Hall–Kier alpha value is -2.50. The zero-order chi connectivity index (χ0) is 18.7. The van der Waals surface area contributed by atoms with E-state index < -0.39 is 6.10 Å². The average molecular weight is 352 g/mol. The van der Waals surface area contributed by atoms with Crippen LogP contribution in [0.4, 0.5) is 0 Å². The van der Waals surface area contributed by atoms with Crippen molar-refractivity contribution in [3.63, 3.8) is 0 Å². The minimum absolute atomic E-state index is 0.00432. The van der Waals surface area contributed by atoms with Crippen LogP contribution in [0.15, 0.2) is 54.6 Å². The van der Waals surface area contributed by atoms with Crippen LogP contribution in [0, 0.1) is 0 Å². The first kappa shape index (κ1) is 18.3. The van der Waals surface area contributed by atoms with E-state index in [0.29, 0.717) is 24.2 Å². The third kappa shape index (κ3) is 3.84. The Morgan fingerprint density at radius 2 is 1.46 bits per heavy atom. The molecule has 0 saturated carbocycles. The zero-order valence-electron chi connectivity index (χ0n) is 15.1. The van der Waals surface area contributed by atoms with Crippen LogP contribution in [0.5, 0.6) is 0 Å². The van der Waals surface area contributed by atoms with Crippen molar-refractivity contribution >= 4 is 11.8 Å². The lowest BCUT2D eigenvalue weighted by atomic mass is 10.1. The lowest BCUT2D eigenvalue weighted by Crippen LogP contribution is -2.44. The number of carbonyl (C=O) groups is 2. The van der Waals surface area contributed by atoms with Gasteiger partial charge in [0.15, 0.2) is 0 Å². The smallest absolute Gasteiger partial charge is 0.261 e. The second kappa shape index (κ2) is 7.81. The van der Waals surface area contributed by atoms with Gasteiger partial charge in [-0.05, 0) is 31.5 Å². The number of hydrogen-bond acceptors (Lipinski definition) is 4. The summed E-state index contributed by atoms with van der Waals surface area (Å²) in [6.45, 7) is 5.23. The Balaban J connectivity index is 1.65. The van der Waals surface area contributed by atoms with Gasteiger partial charge in [0.1, 0.15) is 0 Å². The topological polar surface area (TPSA) is 60.9 Å². The van der Waals surface area contributed by atoms with Gasteiger partial charge in [-0.2, -0.15) is 0 Å². The number of β-amino-alcohol motifs (C(OH)–C–C–N with tert-alkyl or cyclic N) is 1. The summed E-state index contributed by atoms with van der Waals surface area (Å²) < 4.78 is 0. The standard InChI is InChI=1S/C21H24N2O3/c1-15(2)22(12-16-8-4-3-5-9-16)13-17(24)14-23-20(25)18-10-6-7-11-19(18)21(23)26/h3-11,15,17,24H,12-14H2,1-2H3. The number of fused-ring (bicyclic) bond motifs is 1. The number of carbonyl (C=O) groups excluding carboxylic acids is 2. The van der Waals surface area contributed by atoms with Crippen molar-refractivity contribution in [1.82, 2.24) is 9.80 Å². The molecule has 0 aliphatic carbocycles. The molecule has 2 aromatic carbocycles.